The number of aromatic amines is 1. The highest BCUT2D eigenvalue weighted by molar-refractivity contribution is 5.86. The number of nitrogens with one attached hydrogen (secondary N) is 2. The van der Waals surface area contributed by atoms with Gasteiger partial charge < -0.3 is 35.2 Å². The fourth-order valence-corrected chi connectivity index (χ4v) is 6.93. The first-order chi connectivity index (χ1) is 24.3. The molecule has 0 radical (unpaired) electrons. The van der Waals surface area contributed by atoms with Crippen LogP contribution in [-0.2, 0) is 23.9 Å². The van der Waals surface area contributed by atoms with E-state index in [-0.39, 0.29) is 12.0 Å². The summed E-state index contributed by atoms with van der Waals surface area (Å²) in [5.74, 6) is 2.75. The van der Waals surface area contributed by atoms with Crippen molar-refractivity contribution in [2.75, 3.05) is 45.4 Å². The SMILES string of the molecule is CC.CC1C(C2CCCCC2)CCN1C.CCC(C=O)CCCC(N)CF.Cc1cc2cc(NC=O)ccc2[nH]1.O=COCC1CCOCC1. The van der Waals surface area contributed by atoms with Crippen molar-refractivity contribution in [3.63, 3.8) is 0 Å². The third kappa shape index (κ3) is 17.9. The minimum atomic E-state index is -0.460. The van der Waals surface area contributed by atoms with Crippen LogP contribution in [0.25, 0.3) is 10.9 Å². The normalized spacial score (nSPS) is 20.6. The molecule has 1 aromatic heterocycles. The zero-order valence-electron chi connectivity index (χ0n) is 32.0. The molecule has 3 heterocycles. The lowest BCUT2D eigenvalue weighted by atomic mass is 9.77. The van der Waals surface area contributed by atoms with Gasteiger partial charge in [-0.25, -0.2) is 4.39 Å². The standard InChI is InChI=1S/C12H23N.C10H10N2O.C9H18FNO.C7H12O3.C2H6/c1-10-12(8-9-13(10)2)11-6-4-3-5-7-11;1-7-4-8-5-9(11-6-13)2-3-10(8)12-7;1-2-8(7-12)4-3-5-9(11)6-10;8-6-10-5-7-1-3-9-4-2-7;1-2/h10-12H,3-9H2,1-2H3;2-6,12H,1H3,(H,11,13);7-9H,2-6,11H2,1H3;6-7H,1-5H2;1-2H3. The number of likely N-dealkylation sites (tertiary alicyclic amines) is 1. The molecule has 4 N–H and O–H groups in total. The number of aldehydes is 1. The lowest BCUT2D eigenvalue weighted by molar-refractivity contribution is -0.130. The van der Waals surface area contributed by atoms with Gasteiger partial charge in [-0.05, 0) is 108 Å². The van der Waals surface area contributed by atoms with Crippen molar-refractivity contribution in [3.8, 4) is 0 Å². The fraction of sp³-hybridized carbons (Fsp3) is 0.725. The van der Waals surface area contributed by atoms with E-state index in [1.54, 1.807) is 0 Å². The summed E-state index contributed by atoms with van der Waals surface area (Å²) in [6.07, 6.45) is 15.9. The Hall–Kier alpha value is -2.82. The van der Waals surface area contributed by atoms with Gasteiger partial charge in [0.25, 0.3) is 6.47 Å². The summed E-state index contributed by atoms with van der Waals surface area (Å²) in [6, 6.07) is 8.32. The van der Waals surface area contributed by atoms with Crippen molar-refractivity contribution in [3.05, 3.63) is 30.0 Å². The molecule has 50 heavy (non-hydrogen) atoms. The number of nitrogens with two attached hydrogens (primary N) is 1. The molecule has 10 heteroatoms. The number of anilines is 1. The minimum absolute atomic E-state index is 0.136. The van der Waals surface area contributed by atoms with Gasteiger partial charge in [-0.2, -0.15) is 0 Å². The number of nitrogens with zero attached hydrogens (tertiary/aromatic N) is 1. The average Bonchev–Trinajstić information content (AvgIpc) is 3.70. The highest BCUT2D eigenvalue weighted by Gasteiger charge is 2.34. The van der Waals surface area contributed by atoms with Crippen LogP contribution < -0.4 is 11.1 Å². The zero-order chi connectivity index (χ0) is 37.1. The number of carbonyl (C=O) groups is 3. The van der Waals surface area contributed by atoms with Gasteiger partial charge in [0, 0.05) is 53.5 Å². The summed E-state index contributed by atoms with van der Waals surface area (Å²) in [5.41, 5.74) is 8.41. The number of rotatable bonds is 13. The molecule has 2 saturated heterocycles. The van der Waals surface area contributed by atoms with Crippen LogP contribution >= 0.6 is 0 Å². The van der Waals surface area contributed by atoms with Gasteiger partial charge in [-0.3, -0.25) is 9.59 Å². The number of amides is 1. The predicted molar refractivity (Wildman–Crippen MR) is 204 cm³/mol. The highest BCUT2D eigenvalue weighted by atomic mass is 19.1. The second-order valence-electron chi connectivity index (χ2n) is 13.7. The second-order valence-corrected chi connectivity index (χ2v) is 13.7. The first-order valence-corrected chi connectivity index (χ1v) is 19.2. The maximum absolute atomic E-state index is 11.9. The molecule has 5 rings (SSSR count). The van der Waals surface area contributed by atoms with E-state index in [0.29, 0.717) is 31.8 Å². The quantitative estimate of drug-likeness (QED) is 0.179. The molecular weight excluding hydrogens is 635 g/mol. The van der Waals surface area contributed by atoms with Crippen LogP contribution in [0.5, 0.6) is 0 Å². The number of hydrogen-bond donors (Lipinski definition) is 3. The first kappa shape index (κ1) is 45.2. The number of ether oxygens (including phenoxy) is 2. The van der Waals surface area contributed by atoms with E-state index >= 15 is 0 Å². The number of H-pyrrole nitrogens is 1. The predicted octanol–water partition coefficient (Wildman–Crippen LogP) is 8.24. The molecule has 3 aliphatic rings. The lowest BCUT2D eigenvalue weighted by Crippen LogP contribution is -2.30. The summed E-state index contributed by atoms with van der Waals surface area (Å²) in [5, 5.41) is 3.73. The van der Waals surface area contributed by atoms with Gasteiger partial charge in [-0.1, -0.05) is 59.3 Å². The van der Waals surface area contributed by atoms with Gasteiger partial charge in [0.05, 0.1) is 6.61 Å². The Balaban J connectivity index is 0.000000329. The largest absolute Gasteiger partial charge is 0.468 e. The van der Waals surface area contributed by atoms with Crippen molar-refractivity contribution in [2.24, 2.45) is 29.4 Å². The maximum atomic E-state index is 11.9. The molecule has 1 aliphatic carbocycles. The van der Waals surface area contributed by atoms with Crippen molar-refractivity contribution in [1.82, 2.24) is 9.88 Å². The van der Waals surface area contributed by atoms with Gasteiger partial charge in [0.2, 0.25) is 6.41 Å². The number of aryl methyl sites for hydroxylation is 1. The van der Waals surface area contributed by atoms with E-state index < -0.39 is 6.67 Å². The van der Waals surface area contributed by atoms with Gasteiger partial charge in [0.15, 0.2) is 0 Å². The fourth-order valence-electron chi connectivity index (χ4n) is 6.93. The molecule has 1 amide bonds. The van der Waals surface area contributed by atoms with E-state index in [4.69, 9.17) is 10.5 Å². The molecule has 286 valence electrons. The van der Waals surface area contributed by atoms with Crippen LogP contribution in [-0.4, -0.2) is 81.2 Å². The number of carbonyl (C=O) groups excluding carboxylic acids is 3. The van der Waals surface area contributed by atoms with Crippen LogP contribution in [0, 0.1) is 30.6 Å². The summed E-state index contributed by atoms with van der Waals surface area (Å²) < 4.78 is 21.7. The van der Waals surface area contributed by atoms with Crippen LogP contribution in [0.15, 0.2) is 24.3 Å². The molecule has 0 bridgehead atoms. The monoisotopic (exact) mass is 705 g/mol. The van der Waals surface area contributed by atoms with Gasteiger partial charge in [0.1, 0.15) is 13.0 Å². The second kappa shape index (κ2) is 27.8. The van der Waals surface area contributed by atoms with E-state index in [0.717, 1.165) is 91.8 Å². The van der Waals surface area contributed by atoms with Gasteiger partial charge >= 0.3 is 0 Å². The van der Waals surface area contributed by atoms with Crippen molar-refractivity contribution < 1.29 is 28.2 Å². The summed E-state index contributed by atoms with van der Waals surface area (Å²) in [6.45, 7) is 14.0. The third-order valence-electron chi connectivity index (χ3n) is 10.2. The van der Waals surface area contributed by atoms with E-state index in [9.17, 15) is 18.8 Å². The van der Waals surface area contributed by atoms with Gasteiger partial charge in [-0.15, -0.1) is 0 Å². The van der Waals surface area contributed by atoms with Crippen molar-refractivity contribution in [2.45, 2.75) is 124 Å². The Morgan fingerprint density at radius 2 is 1.76 bits per heavy atom. The molecule has 4 unspecified atom stereocenters. The van der Waals surface area contributed by atoms with E-state index in [2.05, 4.69) is 33.9 Å². The minimum Gasteiger partial charge on any atom is -0.468 e. The molecule has 4 atom stereocenters. The molecule has 2 aromatic rings. The average molecular weight is 705 g/mol. The molecular formula is C40H69FN4O5. The van der Waals surface area contributed by atoms with Crippen molar-refractivity contribution in [1.29, 1.82) is 0 Å². The molecule has 1 aromatic carbocycles. The summed E-state index contributed by atoms with van der Waals surface area (Å²) >= 11 is 0. The Morgan fingerprint density at radius 3 is 2.32 bits per heavy atom. The zero-order valence-corrected chi connectivity index (χ0v) is 32.0. The number of hydrogen-bond acceptors (Lipinski definition) is 7. The van der Waals surface area contributed by atoms with E-state index in [1.807, 2.05) is 52.0 Å². The first-order valence-electron chi connectivity index (χ1n) is 19.2. The molecule has 3 fully saturated rings. The molecule has 1 saturated carbocycles. The van der Waals surface area contributed by atoms with Crippen LogP contribution in [0.1, 0.15) is 110 Å². The Kier molecular flexibility index (Phi) is 25.2. The number of benzene rings is 1. The number of halogens is 1. The van der Waals surface area contributed by atoms with Crippen molar-refractivity contribution >= 4 is 35.8 Å². The topological polar surface area (TPSA) is 127 Å². The lowest BCUT2D eigenvalue weighted by Gasteiger charge is -2.31. The summed E-state index contributed by atoms with van der Waals surface area (Å²) in [4.78, 5) is 36.1. The molecule has 0 spiro atoms. The summed E-state index contributed by atoms with van der Waals surface area (Å²) in [7, 11) is 2.29. The van der Waals surface area contributed by atoms with Crippen LogP contribution in [0.3, 0.4) is 0 Å². The number of aromatic nitrogens is 1. The Bertz CT molecular complexity index is 1150. The molecule has 9 nitrogen and oxygen atoms in total. The third-order valence-corrected chi connectivity index (χ3v) is 10.2. The Morgan fingerprint density at radius 1 is 1.06 bits per heavy atom. The Labute approximate surface area is 302 Å². The smallest absolute Gasteiger partial charge is 0.293 e. The van der Waals surface area contributed by atoms with E-state index in [1.165, 1.54) is 45.1 Å². The number of fused-ring (bicyclic) bond motifs is 1. The van der Waals surface area contributed by atoms with Crippen LogP contribution in [0.4, 0.5) is 10.1 Å². The van der Waals surface area contributed by atoms with Crippen LogP contribution in [0.2, 0.25) is 0 Å². The molecule has 2 aliphatic heterocycles. The maximum Gasteiger partial charge on any atom is 0.293 e. The highest BCUT2D eigenvalue weighted by Crippen LogP contribution is 2.37. The number of alkyl halides is 1.